The Morgan fingerprint density at radius 1 is 1.12 bits per heavy atom. The molecule has 1 aliphatic carbocycles. The minimum Gasteiger partial charge on any atom is -0.491 e. The monoisotopic (exact) mass is 440 g/mol. The van der Waals surface area contributed by atoms with Crippen LogP contribution in [0, 0.1) is 11.2 Å². The van der Waals surface area contributed by atoms with Crippen molar-refractivity contribution in [3.8, 4) is 5.75 Å². The predicted octanol–water partition coefficient (Wildman–Crippen LogP) is 3.34. The molecule has 10 heteroatoms. The number of hydrogen-bond acceptors (Lipinski definition) is 7. The van der Waals surface area contributed by atoms with Crippen molar-refractivity contribution in [3.05, 3.63) is 48.5 Å². The first kappa shape index (κ1) is 21.4. The lowest BCUT2D eigenvalue weighted by molar-refractivity contribution is -0.147. The Balaban J connectivity index is 1.49. The highest BCUT2D eigenvalue weighted by Crippen LogP contribution is 2.46. The third kappa shape index (κ3) is 4.30. The number of fused-ring (bicyclic) bond motifs is 1. The molecule has 1 fully saturated rings. The van der Waals surface area contributed by atoms with E-state index in [1.807, 2.05) is 0 Å². The van der Waals surface area contributed by atoms with Crippen LogP contribution in [0.4, 0.5) is 21.6 Å². The van der Waals surface area contributed by atoms with E-state index in [1.165, 1.54) is 12.4 Å². The van der Waals surface area contributed by atoms with Crippen LogP contribution in [0.15, 0.2) is 42.7 Å². The summed E-state index contributed by atoms with van der Waals surface area (Å²) in [5.41, 5.74) is 0.120. The Morgan fingerprint density at radius 2 is 1.84 bits per heavy atom. The summed E-state index contributed by atoms with van der Waals surface area (Å²) < 4.78 is 25.2. The fourth-order valence-electron chi connectivity index (χ4n) is 3.23. The quantitative estimate of drug-likeness (QED) is 0.342. The Labute approximate surface area is 182 Å². The van der Waals surface area contributed by atoms with Gasteiger partial charge in [0.05, 0.1) is 17.5 Å². The maximum Gasteiger partial charge on any atom is 0.319 e. The molecular weight excluding hydrogens is 419 g/mol. The van der Waals surface area contributed by atoms with Crippen LogP contribution in [-0.4, -0.2) is 47.3 Å². The number of aromatic nitrogens is 2. The van der Waals surface area contributed by atoms with Crippen molar-refractivity contribution >= 4 is 40.0 Å². The Bertz CT molecular complexity index is 1160. The van der Waals surface area contributed by atoms with Crippen LogP contribution in [0.3, 0.4) is 0 Å². The second kappa shape index (κ2) is 8.75. The standard InChI is InChI=1S/C22H21FN4O5/c1-31-8-9-32-15-10-16(23)18-17(11-15)24-12-25-19(18)26-13-2-4-14(5-3-13)27-20(28)22(6-7-22)21(29)30/h2-5,10-12H,6-9H2,1H3,(H,27,28)(H,29,30)(H,24,25,26). The fourth-order valence-corrected chi connectivity index (χ4v) is 3.23. The third-order valence-electron chi connectivity index (χ3n) is 5.22. The Morgan fingerprint density at radius 3 is 2.50 bits per heavy atom. The minimum absolute atomic E-state index is 0.209. The molecule has 0 atom stereocenters. The van der Waals surface area contributed by atoms with Crippen LogP contribution in [0.1, 0.15) is 12.8 Å². The summed E-state index contributed by atoms with van der Waals surface area (Å²) >= 11 is 0. The molecule has 9 nitrogen and oxygen atoms in total. The van der Waals surface area contributed by atoms with Crippen molar-refractivity contribution < 1.29 is 28.6 Å². The molecule has 0 bridgehead atoms. The number of halogens is 1. The lowest BCUT2D eigenvalue weighted by Crippen LogP contribution is -2.31. The molecule has 0 saturated heterocycles. The number of carbonyl (C=O) groups excluding carboxylic acids is 1. The van der Waals surface area contributed by atoms with Crippen LogP contribution < -0.4 is 15.4 Å². The SMILES string of the molecule is COCCOc1cc(F)c2c(Nc3ccc(NC(=O)C4(C(=O)O)CC4)cc3)ncnc2c1. The van der Waals surface area contributed by atoms with E-state index in [2.05, 4.69) is 20.6 Å². The van der Waals surface area contributed by atoms with Gasteiger partial charge in [-0.3, -0.25) is 9.59 Å². The number of anilines is 3. The van der Waals surface area contributed by atoms with Crippen LogP contribution in [-0.2, 0) is 14.3 Å². The number of carbonyl (C=O) groups is 2. The summed E-state index contributed by atoms with van der Waals surface area (Å²) in [7, 11) is 1.55. The van der Waals surface area contributed by atoms with Crippen molar-refractivity contribution in [2.75, 3.05) is 31.0 Å². The molecular formula is C22H21FN4O5. The van der Waals surface area contributed by atoms with Gasteiger partial charge in [-0.2, -0.15) is 0 Å². The largest absolute Gasteiger partial charge is 0.491 e. The van der Waals surface area contributed by atoms with E-state index in [0.717, 1.165) is 0 Å². The molecule has 0 unspecified atom stereocenters. The molecule has 1 saturated carbocycles. The number of aliphatic carboxylic acids is 1. The first-order valence-corrected chi connectivity index (χ1v) is 9.91. The summed E-state index contributed by atoms with van der Waals surface area (Å²) in [6, 6.07) is 9.48. The molecule has 166 valence electrons. The lowest BCUT2D eigenvalue weighted by atomic mass is 10.1. The summed E-state index contributed by atoms with van der Waals surface area (Å²) in [5, 5.41) is 15.1. The Hall–Kier alpha value is -3.79. The van der Waals surface area contributed by atoms with Crippen molar-refractivity contribution in [3.63, 3.8) is 0 Å². The molecule has 1 amide bonds. The van der Waals surface area contributed by atoms with E-state index in [-0.39, 0.29) is 17.8 Å². The molecule has 4 rings (SSSR count). The number of rotatable bonds is 9. The molecule has 1 aromatic heterocycles. The fraction of sp³-hybridized carbons (Fsp3) is 0.273. The number of amides is 1. The number of ether oxygens (including phenoxy) is 2. The van der Waals surface area contributed by atoms with Gasteiger partial charge in [0.2, 0.25) is 5.91 Å². The van der Waals surface area contributed by atoms with Crippen molar-refractivity contribution in [1.29, 1.82) is 0 Å². The maximum atomic E-state index is 14.8. The predicted molar refractivity (Wildman–Crippen MR) is 115 cm³/mol. The zero-order chi connectivity index (χ0) is 22.7. The van der Waals surface area contributed by atoms with E-state index in [0.29, 0.717) is 42.1 Å². The van der Waals surface area contributed by atoms with Gasteiger partial charge in [-0.05, 0) is 37.1 Å². The van der Waals surface area contributed by atoms with Crippen LogP contribution in [0.5, 0.6) is 5.75 Å². The van der Waals surface area contributed by atoms with E-state index in [1.54, 1.807) is 37.4 Å². The van der Waals surface area contributed by atoms with Gasteiger partial charge in [0.25, 0.3) is 0 Å². The molecule has 0 radical (unpaired) electrons. The minimum atomic E-state index is -1.32. The van der Waals surface area contributed by atoms with E-state index in [9.17, 15) is 19.1 Å². The van der Waals surface area contributed by atoms with Gasteiger partial charge in [-0.15, -0.1) is 0 Å². The number of carboxylic acids is 1. The zero-order valence-corrected chi connectivity index (χ0v) is 17.2. The van der Waals surface area contributed by atoms with Crippen molar-refractivity contribution in [2.24, 2.45) is 5.41 Å². The van der Waals surface area contributed by atoms with Gasteiger partial charge in [0, 0.05) is 30.6 Å². The average Bonchev–Trinajstić information content (AvgIpc) is 3.58. The summed E-state index contributed by atoms with van der Waals surface area (Å²) in [5.74, 6) is -1.57. The van der Waals surface area contributed by atoms with Gasteiger partial charge in [0.1, 0.15) is 35.7 Å². The van der Waals surface area contributed by atoms with Gasteiger partial charge < -0.3 is 25.2 Å². The molecule has 3 N–H and O–H groups in total. The maximum absolute atomic E-state index is 14.8. The van der Waals surface area contributed by atoms with Gasteiger partial charge >= 0.3 is 5.97 Å². The summed E-state index contributed by atoms with van der Waals surface area (Å²) in [6.45, 7) is 0.665. The first-order chi connectivity index (χ1) is 15.4. The van der Waals surface area contributed by atoms with Crippen LogP contribution >= 0.6 is 0 Å². The van der Waals surface area contributed by atoms with Gasteiger partial charge in [-0.1, -0.05) is 0 Å². The van der Waals surface area contributed by atoms with Crippen molar-refractivity contribution in [2.45, 2.75) is 12.8 Å². The van der Waals surface area contributed by atoms with E-state index in [4.69, 9.17) is 9.47 Å². The molecule has 3 aromatic rings. The highest BCUT2D eigenvalue weighted by Gasteiger charge is 2.57. The molecule has 0 aliphatic heterocycles. The first-order valence-electron chi connectivity index (χ1n) is 9.91. The Kier molecular flexibility index (Phi) is 5.87. The van der Waals surface area contributed by atoms with E-state index >= 15 is 0 Å². The van der Waals surface area contributed by atoms with Gasteiger partial charge in [0.15, 0.2) is 0 Å². The molecule has 0 spiro atoms. The second-order valence-electron chi connectivity index (χ2n) is 7.41. The summed E-state index contributed by atoms with van der Waals surface area (Å²) in [4.78, 5) is 31.8. The topological polar surface area (TPSA) is 123 Å². The normalized spacial score (nSPS) is 14.1. The zero-order valence-electron chi connectivity index (χ0n) is 17.2. The average molecular weight is 440 g/mol. The second-order valence-corrected chi connectivity index (χ2v) is 7.41. The molecule has 1 aliphatic rings. The van der Waals surface area contributed by atoms with Crippen LogP contribution in [0.2, 0.25) is 0 Å². The number of nitrogens with zero attached hydrogens (tertiary/aromatic N) is 2. The third-order valence-corrected chi connectivity index (χ3v) is 5.22. The number of nitrogens with one attached hydrogen (secondary N) is 2. The van der Waals surface area contributed by atoms with Gasteiger partial charge in [-0.25, -0.2) is 14.4 Å². The smallest absolute Gasteiger partial charge is 0.319 e. The number of hydrogen-bond donors (Lipinski definition) is 3. The van der Waals surface area contributed by atoms with Crippen molar-refractivity contribution in [1.82, 2.24) is 9.97 Å². The highest BCUT2D eigenvalue weighted by molar-refractivity contribution is 6.10. The highest BCUT2D eigenvalue weighted by atomic mass is 19.1. The molecule has 2 aromatic carbocycles. The number of methoxy groups -OCH3 is 1. The van der Waals surface area contributed by atoms with E-state index < -0.39 is 23.1 Å². The number of benzene rings is 2. The molecule has 32 heavy (non-hydrogen) atoms. The summed E-state index contributed by atoms with van der Waals surface area (Å²) in [6.07, 6.45) is 1.98. The van der Waals surface area contributed by atoms with Crippen LogP contribution in [0.25, 0.3) is 10.9 Å². The molecule has 1 heterocycles. The lowest BCUT2D eigenvalue weighted by Gasteiger charge is -2.13. The number of carboxylic acid groups (broad SMARTS) is 1.